The van der Waals surface area contributed by atoms with Gasteiger partial charge in [-0.1, -0.05) is 26.0 Å². The van der Waals surface area contributed by atoms with Gasteiger partial charge in [0.15, 0.2) is 0 Å². The molecule has 1 aliphatic heterocycles. The number of anilines is 2. The Labute approximate surface area is 134 Å². The number of benzene rings is 1. The zero-order chi connectivity index (χ0) is 16.4. The number of nitrogens with one attached hydrogen (secondary N) is 2. The van der Waals surface area contributed by atoms with Gasteiger partial charge in [0.25, 0.3) is 0 Å². The van der Waals surface area contributed by atoms with Crippen molar-refractivity contribution in [1.29, 1.82) is 0 Å². The molecule has 0 saturated carbocycles. The lowest BCUT2D eigenvalue weighted by atomic mass is 10.0. The molecule has 1 saturated heterocycles. The summed E-state index contributed by atoms with van der Waals surface area (Å²) >= 11 is 0. The molecule has 0 bridgehead atoms. The number of aromatic nitrogens is 3. The normalized spacial score (nSPS) is 17.8. The first-order valence-electron chi connectivity index (χ1n) is 7.61. The highest BCUT2D eigenvalue weighted by molar-refractivity contribution is 6.03. The molecule has 7 heteroatoms. The second-order valence-corrected chi connectivity index (χ2v) is 5.98. The Morgan fingerprint density at radius 1 is 1.43 bits per heavy atom. The van der Waals surface area contributed by atoms with Crippen LogP contribution in [0.1, 0.15) is 31.7 Å². The second kappa shape index (κ2) is 6.20. The predicted octanol–water partition coefficient (Wildman–Crippen LogP) is 1.92. The van der Waals surface area contributed by atoms with Crippen molar-refractivity contribution >= 4 is 23.5 Å². The van der Waals surface area contributed by atoms with Gasteiger partial charge in [0.1, 0.15) is 6.33 Å². The van der Waals surface area contributed by atoms with Crippen molar-refractivity contribution in [3.63, 3.8) is 0 Å². The van der Waals surface area contributed by atoms with Crippen LogP contribution < -0.4 is 10.2 Å². The van der Waals surface area contributed by atoms with Crippen LogP contribution in [0, 0.1) is 5.92 Å². The largest absolute Gasteiger partial charge is 0.312 e. The van der Waals surface area contributed by atoms with Crippen molar-refractivity contribution in [1.82, 2.24) is 15.2 Å². The van der Waals surface area contributed by atoms with Crippen LogP contribution in [0.4, 0.5) is 11.6 Å². The van der Waals surface area contributed by atoms with E-state index in [1.54, 1.807) is 4.90 Å². The summed E-state index contributed by atoms with van der Waals surface area (Å²) in [6, 6.07) is 7.91. The fraction of sp³-hybridized carbons (Fsp3) is 0.375. The number of carbonyl (C=O) groups excluding carboxylic acids is 2. The Hall–Kier alpha value is -2.70. The first-order chi connectivity index (χ1) is 11.0. The topological polar surface area (TPSA) is 91.0 Å². The molecule has 1 aromatic heterocycles. The lowest BCUT2D eigenvalue weighted by molar-refractivity contribution is -0.122. The SMILES string of the molecule is CC(C)c1cccc(N2C[C@H](C(=O)Nc3ncn[nH]3)CC2=O)c1. The van der Waals surface area contributed by atoms with Crippen molar-refractivity contribution in [3.8, 4) is 0 Å². The molecule has 7 nitrogen and oxygen atoms in total. The van der Waals surface area contributed by atoms with Gasteiger partial charge >= 0.3 is 0 Å². The van der Waals surface area contributed by atoms with E-state index in [9.17, 15) is 9.59 Å². The molecule has 1 atom stereocenters. The van der Waals surface area contributed by atoms with Crippen molar-refractivity contribution in [3.05, 3.63) is 36.2 Å². The monoisotopic (exact) mass is 313 g/mol. The zero-order valence-electron chi connectivity index (χ0n) is 13.1. The lowest BCUT2D eigenvalue weighted by Crippen LogP contribution is -2.28. The van der Waals surface area contributed by atoms with E-state index in [1.165, 1.54) is 11.9 Å². The number of nitrogens with zero attached hydrogens (tertiary/aromatic N) is 3. The highest BCUT2D eigenvalue weighted by Crippen LogP contribution is 2.28. The van der Waals surface area contributed by atoms with Crippen LogP contribution in [0.3, 0.4) is 0 Å². The molecule has 1 aromatic carbocycles. The van der Waals surface area contributed by atoms with Crippen LogP contribution in [0.2, 0.25) is 0 Å². The standard InChI is InChI=1S/C16H19N5O2/c1-10(2)11-4-3-5-13(6-11)21-8-12(7-14(21)22)15(23)19-16-17-9-18-20-16/h3-6,9-10,12H,7-8H2,1-2H3,(H2,17,18,19,20,23)/t12-/m1/s1. The van der Waals surface area contributed by atoms with Crippen LogP contribution >= 0.6 is 0 Å². The molecule has 0 aliphatic carbocycles. The average Bonchev–Trinajstić information content (AvgIpc) is 3.17. The van der Waals surface area contributed by atoms with Crippen molar-refractivity contribution in [2.75, 3.05) is 16.8 Å². The summed E-state index contributed by atoms with van der Waals surface area (Å²) in [5.41, 5.74) is 2.01. The van der Waals surface area contributed by atoms with Gasteiger partial charge < -0.3 is 4.90 Å². The van der Waals surface area contributed by atoms with E-state index >= 15 is 0 Å². The summed E-state index contributed by atoms with van der Waals surface area (Å²) in [6.45, 7) is 4.59. The van der Waals surface area contributed by atoms with Gasteiger partial charge in [-0.2, -0.15) is 10.1 Å². The average molecular weight is 313 g/mol. The maximum atomic E-state index is 12.3. The highest BCUT2D eigenvalue weighted by Gasteiger charge is 2.35. The number of carbonyl (C=O) groups is 2. The highest BCUT2D eigenvalue weighted by atomic mass is 16.2. The van der Waals surface area contributed by atoms with Gasteiger partial charge in [-0.25, -0.2) is 5.10 Å². The van der Waals surface area contributed by atoms with Crippen LogP contribution in [0.15, 0.2) is 30.6 Å². The molecule has 120 valence electrons. The van der Waals surface area contributed by atoms with Gasteiger partial charge in [-0.15, -0.1) is 0 Å². The Morgan fingerprint density at radius 3 is 2.96 bits per heavy atom. The third-order valence-electron chi connectivity index (χ3n) is 4.00. The maximum absolute atomic E-state index is 12.3. The molecule has 2 aromatic rings. The molecule has 0 spiro atoms. The third-order valence-corrected chi connectivity index (χ3v) is 4.00. The maximum Gasteiger partial charge on any atom is 0.232 e. The summed E-state index contributed by atoms with van der Waals surface area (Å²) < 4.78 is 0. The smallest absolute Gasteiger partial charge is 0.232 e. The molecule has 23 heavy (non-hydrogen) atoms. The number of amides is 2. The van der Waals surface area contributed by atoms with Crippen LogP contribution in [0.5, 0.6) is 0 Å². The predicted molar refractivity (Wildman–Crippen MR) is 86.0 cm³/mol. The molecule has 1 fully saturated rings. The zero-order valence-corrected chi connectivity index (χ0v) is 13.1. The van der Waals surface area contributed by atoms with E-state index < -0.39 is 5.92 Å². The summed E-state index contributed by atoms with van der Waals surface area (Å²) in [4.78, 5) is 30.1. The molecular weight excluding hydrogens is 294 g/mol. The second-order valence-electron chi connectivity index (χ2n) is 5.98. The van der Waals surface area contributed by atoms with Crippen LogP contribution in [-0.2, 0) is 9.59 Å². The minimum Gasteiger partial charge on any atom is -0.312 e. The molecule has 2 heterocycles. The number of aromatic amines is 1. The Kier molecular flexibility index (Phi) is 4.10. The van der Waals surface area contributed by atoms with Gasteiger partial charge in [-0.05, 0) is 23.6 Å². The molecule has 0 radical (unpaired) electrons. The minimum atomic E-state index is -0.393. The summed E-state index contributed by atoms with van der Waals surface area (Å²) in [6.07, 6.45) is 1.52. The van der Waals surface area contributed by atoms with E-state index in [0.717, 1.165) is 5.69 Å². The van der Waals surface area contributed by atoms with Gasteiger partial charge in [0.2, 0.25) is 17.8 Å². The molecule has 1 aliphatic rings. The van der Waals surface area contributed by atoms with Gasteiger partial charge in [-0.3, -0.25) is 14.9 Å². The fourth-order valence-corrected chi connectivity index (χ4v) is 2.67. The Bertz CT molecular complexity index is 711. The van der Waals surface area contributed by atoms with Crippen molar-refractivity contribution < 1.29 is 9.59 Å². The minimum absolute atomic E-state index is 0.0383. The summed E-state index contributed by atoms with van der Waals surface area (Å²) in [7, 11) is 0. The first kappa shape index (κ1) is 15.2. The van der Waals surface area contributed by atoms with E-state index in [2.05, 4.69) is 34.3 Å². The summed E-state index contributed by atoms with van der Waals surface area (Å²) in [5.74, 6) is 0.0254. The quantitative estimate of drug-likeness (QED) is 0.902. The molecule has 2 N–H and O–H groups in total. The van der Waals surface area contributed by atoms with Crippen LogP contribution in [0.25, 0.3) is 0 Å². The Balaban J connectivity index is 1.72. The first-order valence-corrected chi connectivity index (χ1v) is 7.61. The molecular formula is C16H19N5O2. The van der Waals surface area contributed by atoms with E-state index in [1.807, 2.05) is 24.3 Å². The van der Waals surface area contributed by atoms with E-state index in [4.69, 9.17) is 0 Å². The van der Waals surface area contributed by atoms with Gasteiger partial charge in [0.05, 0.1) is 5.92 Å². The fourth-order valence-electron chi connectivity index (χ4n) is 2.67. The Morgan fingerprint density at radius 2 is 2.26 bits per heavy atom. The lowest BCUT2D eigenvalue weighted by Gasteiger charge is -2.18. The van der Waals surface area contributed by atoms with Crippen LogP contribution in [-0.4, -0.2) is 33.5 Å². The van der Waals surface area contributed by atoms with Crippen molar-refractivity contribution in [2.24, 2.45) is 5.92 Å². The number of rotatable bonds is 4. The molecule has 0 unspecified atom stereocenters. The number of hydrogen-bond donors (Lipinski definition) is 2. The summed E-state index contributed by atoms with van der Waals surface area (Å²) in [5, 5.41) is 8.89. The van der Waals surface area contributed by atoms with Gasteiger partial charge in [0, 0.05) is 18.7 Å². The third kappa shape index (κ3) is 3.23. The number of hydrogen-bond acceptors (Lipinski definition) is 4. The molecule has 3 rings (SSSR count). The van der Waals surface area contributed by atoms with Crippen molar-refractivity contribution in [2.45, 2.75) is 26.2 Å². The number of H-pyrrole nitrogens is 1. The van der Waals surface area contributed by atoms with E-state index in [0.29, 0.717) is 18.4 Å². The molecule has 2 amide bonds. The van der Waals surface area contributed by atoms with E-state index in [-0.39, 0.29) is 18.2 Å².